The molecular weight excluding hydrogens is 326 g/mol. The van der Waals surface area contributed by atoms with Gasteiger partial charge in [-0.05, 0) is 56.2 Å². The summed E-state index contributed by atoms with van der Waals surface area (Å²) in [7, 11) is -3.65. The molecule has 1 heterocycles. The van der Waals surface area contributed by atoms with Crippen molar-refractivity contribution >= 4 is 21.6 Å². The maximum Gasteiger partial charge on any atom is 0.265 e. The van der Waals surface area contributed by atoms with Crippen LogP contribution in [0.5, 0.6) is 0 Å². The molecule has 7 heteroatoms. The summed E-state index contributed by atoms with van der Waals surface area (Å²) in [6.07, 6.45) is 0.548. The number of fused-ring (bicyclic) bond motifs is 1. The summed E-state index contributed by atoms with van der Waals surface area (Å²) in [6.45, 7) is 3.77. The highest BCUT2D eigenvalue weighted by atomic mass is 32.2. The molecule has 0 aliphatic carbocycles. The van der Waals surface area contributed by atoms with Crippen LogP contribution in [-0.4, -0.2) is 20.4 Å². The quantitative estimate of drug-likeness (QED) is 0.503. The van der Waals surface area contributed by atoms with Gasteiger partial charge in [-0.1, -0.05) is 17.7 Å². The van der Waals surface area contributed by atoms with Crippen molar-refractivity contribution < 1.29 is 13.2 Å². The monoisotopic (exact) mass is 345 g/mol. The van der Waals surface area contributed by atoms with E-state index in [1.807, 2.05) is 13.8 Å². The van der Waals surface area contributed by atoms with E-state index in [1.54, 1.807) is 42.5 Å². The molecule has 0 unspecified atom stereocenters. The first-order valence-corrected chi connectivity index (χ1v) is 9.03. The van der Waals surface area contributed by atoms with Gasteiger partial charge in [0.15, 0.2) is 0 Å². The van der Waals surface area contributed by atoms with Crippen LogP contribution in [-0.2, 0) is 16.4 Å². The van der Waals surface area contributed by atoms with Crippen LogP contribution >= 0.6 is 0 Å². The lowest BCUT2D eigenvalue weighted by Crippen LogP contribution is -2.35. The zero-order valence-corrected chi connectivity index (χ0v) is 14.3. The van der Waals surface area contributed by atoms with Gasteiger partial charge < -0.3 is 0 Å². The maximum atomic E-state index is 13.0. The Morgan fingerprint density at radius 3 is 2.50 bits per heavy atom. The standard InChI is InChI=1S/C17H19N3O3S/c1-11-3-6-15(7-4-11)24(22,23)20-12(2)9-14-10-13(17(21)19-18)5-8-16(14)20/h3-8,10,12H,9,18H2,1-2H3,(H,19,21)/t12-/m0/s1. The Hall–Kier alpha value is -2.38. The molecule has 3 rings (SSSR count). The number of aryl methyl sites for hydroxylation is 1. The van der Waals surface area contributed by atoms with E-state index in [1.165, 1.54) is 4.31 Å². The van der Waals surface area contributed by atoms with E-state index in [4.69, 9.17) is 5.84 Å². The molecular formula is C17H19N3O3S. The van der Waals surface area contributed by atoms with E-state index >= 15 is 0 Å². The van der Waals surface area contributed by atoms with Crippen molar-refractivity contribution in [3.8, 4) is 0 Å². The van der Waals surface area contributed by atoms with Crippen LogP contribution in [0.1, 0.15) is 28.4 Å². The Morgan fingerprint density at radius 2 is 1.88 bits per heavy atom. The molecule has 0 saturated heterocycles. The van der Waals surface area contributed by atoms with E-state index in [-0.39, 0.29) is 10.9 Å². The molecule has 126 valence electrons. The minimum absolute atomic E-state index is 0.220. The van der Waals surface area contributed by atoms with Crippen molar-refractivity contribution in [1.82, 2.24) is 5.43 Å². The van der Waals surface area contributed by atoms with Gasteiger partial charge >= 0.3 is 0 Å². The van der Waals surface area contributed by atoms with Gasteiger partial charge in [-0.25, -0.2) is 14.3 Å². The summed E-state index contributed by atoms with van der Waals surface area (Å²) in [5.74, 6) is 4.76. The van der Waals surface area contributed by atoms with E-state index in [9.17, 15) is 13.2 Å². The second kappa shape index (κ2) is 5.92. The van der Waals surface area contributed by atoms with Gasteiger partial charge in [0, 0.05) is 11.6 Å². The molecule has 1 amide bonds. The van der Waals surface area contributed by atoms with Crippen LogP contribution in [0.3, 0.4) is 0 Å². The number of rotatable bonds is 3. The number of nitrogens with zero attached hydrogens (tertiary/aromatic N) is 1. The number of sulfonamides is 1. The van der Waals surface area contributed by atoms with Crippen molar-refractivity contribution in [3.63, 3.8) is 0 Å². The minimum Gasteiger partial charge on any atom is -0.290 e. The maximum absolute atomic E-state index is 13.0. The Morgan fingerprint density at radius 1 is 1.21 bits per heavy atom. The molecule has 0 saturated carbocycles. The lowest BCUT2D eigenvalue weighted by molar-refractivity contribution is 0.0953. The van der Waals surface area contributed by atoms with Crippen LogP contribution in [0.25, 0.3) is 0 Å². The van der Waals surface area contributed by atoms with Gasteiger partial charge in [-0.2, -0.15) is 0 Å². The molecule has 1 aliphatic rings. The second-order valence-corrected chi connectivity index (χ2v) is 7.80. The average molecular weight is 345 g/mol. The molecule has 3 N–H and O–H groups in total. The second-order valence-electron chi connectivity index (χ2n) is 5.98. The fourth-order valence-electron chi connectivity index (χ4n) is 3.02. The summed E-state index contributed by atoms with van der Waals surface area (Å²) in [6, 6.07) is 11.5. The van der Waals surface area contributed by atoms with E-state index < -0.39 is 15.9 Å². The fourth-order valence-corrected chi connectivity index (χ4v) is 4.71. The van der Waals surface area contributed by atoms with Gasteiger partial charge in [0.05, 0.1) is 10.6 Å². The molecule has 6 nitrogen and oxygen atoms in total. The molecule has 0 fully saturated rings. The number of anilines is 1. The molecule has 1 atom stereocenters. The number of hydrogen-bond donors (Lipinski definition) is 2. The molecule has 0 radical (unpaired) electrons. The normalized spacial score (nSPS) is 16.8. The van der Waals surface area contributed by atoms with Gasteiger partial charge in [0.25, 0.3) is 15.9 Å². The first-order chi connectivity index (χ1) is 11.3. The van der Waals surface area contributed by atoms with Crippen molar-refractivity contribution in [2.45, 2.75) is 31.2 Å². The van der Waals surface area contributed by atoms with Crippen molar-refractivity contribution in [2.24, 2.45) is 5.84 Å². The average Bonchev–Trinajstić information content (AvgIpc) is 2.89. The minimum atomic E-state index is -3.65. The van der Waals surface area contributed by atoms with Crippen molar-refractivity contribution in [2.75, 3.05) is 4.31 Å². The molecule has 24 heavy (non-hydrogen) atoms. The third-order valence-corrected chi connectivity index (χ3v) is 6.15. The summed E-state index contributed by atoms with van der Waals surface area (Å²) in [4.78, 5) is 11.9. The first kappa shape index (κ1) is 16.5. The molecule has 0 spiro atoms. The number of amides is 1. The lowest BCUT2D eigenvalue weighted by Gasteiger charge is -2.24. The summed E-state index contributed by atoms with van der Waals surface area (Å²) < 4.78 is 27.5. The predicted molar refractivity (Wildman–Crippen MR) is 92.1 cm³/mol. The zero-order chi connectivity index (χ0) is 17.5. The molecule has 2 aromatic rings. The van der Waals surface area contributed by atoms with Crippen LogP contribution in [0, 0.1) is 6.92 Å². The van der Waals surface area contributed by atoms with Crippen molar-refractivity contribution in [3.05, 3.63) is 59.2 Å². The molecule has 0 bridgehead atoms. The third kappa shape index (κ3) is 2.65. The van der Waals surface area contributed by atoms with Gasteiger partial charge in [-0.15, -0.1) is 0 Å². The van der Waals surface area contributed by atoms with Gasteiger partial charge in [0.2, 0.25) is 0 Å². The summed E-state index contributed by atoms with van der Waals surface area (Å²) in [5, 5.41) is 0. The van der Waals surface area contributed by atoms with Crippen LogP contribution in [0.2, 0.25) is 0 Å². The highest BCUT2D eigenvalue weighted by Gasteiger charge is 2.36. The highest BCUT2D eigenvalue weighted by molar-refractivity contribution is 7.92. The predicted octanol–water partition coefficient (Wildman–Crippen LogP) is 1.74. The number of nitrogens with two attached hydrogens (primary N) is 1. The zero-order valence-electron chi connectivity index (χ0n) is 13.5. The van der Waals surface area contributed by atoms with E-state index in [0.29, 0.717) is 17.7 Å². The molecule has 1 aliphatic heterocycles. The topological polar surface area (TPSA) is 92.5 Å². The molecule has 2 aromatic carbocycles. The Kier molecular flexibility index (Phi) is 4.06. The number of nitrogens with one attached hydrogen (secondary N) is 1. The highest BCUT2D eigenvalue weighted by Crippen LogP contribution is 2.37. The Balaban J connectivity index is 2.05. The Labute approximate surface area is 141 Å². The molecule has 0 aromatic heterocycles. The largest absolute Gasteiger partial charge is 0.290 e. The number of carbonyl (C=O) groups excluding carboxylic acids is 1. The summed E-state index contributed by atoms with van der Waals surface area (Å²) >= 11 is 0. The van der Waals surface area contributed by atoms with Crippen molar-refractivity contribution in [1.29, 1.82) is 0 Å². The van der Waals surface area contributed by atoms with Crippen LogP contribution in [0.15, 0.2) is 47.4 Å². The Bertz CT molecular complexity index is 892. The number of benzene rings is 2. The van der Waals surface area contributed by atoms with E-state index in [0.717, 1.165) is 11.1 Å². The van der Waals surface area contributed by atoms with Gasteiger partial charge in [-0.3, -0.25) is 14.5 Å². The number of hydrazine groups is 1. The third-order valence-electron chi connectivity index (χ3n) is 4.20. The van der Waals surface area contributed by atoms with Gasteiger partial charge in [0.1, 0.15) is 0 Å². The number of carbonyl (C=O) groups is 1. The number of hydrogen-bond acceptors (Lipinski definition) is 4. The first-order valence-electron chi connectivity index (χ1n) is 7.59. The lowest BCUT2D eigenvalue weighted by atomic mass is 10.1. The van der Waals surface area contributed by atoms with E-state index in [2.05, 4.69) is 5.43 Å². The smallest absolute Gasteiger partial charge is 0.265 e. The summed E-state index contributed by atoms with van der Waals surface area (Å²) in [5.41, 5.74) is 4.93. The number of nitrogen functional groups attached to an aromatic ring is 1. The fraction of sp³-hybridized carbons (Fsp3) is 0.235. The van der Waals surface area contributed by atoms with Crippen LogP contribution in [0.4, 0.5) is 5.69 Å². The SMILES string of the molecule is Cc1ccc(S(=O)(=O)N2c3ccc(C(=O)NN)cc3C[C@@H]2C)cc1. The van der Waals surface area contributed by atoms with Crippen LogP contribution < -0.4 is 15.6 Å².